The number of nitro benzene ring substituents is 1. The Hall–Kier alpha value is -4.77. The number of fused-ring (bicyclic) bond motifs is 6. The van der Waals surface area contributed by atoms with Gasteiger partial charge in [-0.15, -0.1) is 0 Å². The molecule has 1 heterocycles. The zero-order chi connectivity index (χ0) is 26.9. The van der Waals surface area contributed by atoms with E-state index in [0.29, 0.717) is 17.0 Å². The van der Waals surface area contributed by atoms with Crippen molar-refractivity contribution in [2.75, 3.05) is 5.73 Å². The third-order valence-electron chi connectivity index (χ3n) is 7.79. The smallest absolute Gasteiger partial charge is 0.300 e. The first kappa shape index (κ1) is 24.6. The molecule has 1 aromatic heterocycles. The van der Waals surface area contributed by atoms with Gasteiger partial charge in [0.15, 0.2) is 0 Å². The molecule has 1 atom stereocenters. The van der Waals surface area contributed by atoms with Crippen molar-refractivity contribution in [1.29, 1.82) is 0 Å². The van der Waals surface area contributed by atoms with Crippen LogP contribution in [0.4, 0.5) is 11.4 Å². The summed E-state index contributed by atoms with van der Waals surface area (Å²) in [6, 6.07) is 30.3. The molecule has 0 fully saturated rings. The van der Waals surface area contributed by atoms with Gasteiger partial charge in [0.2, 0.25) is 0 Å². The number of hydrogen-bond acceptors (Lipinski definition) is 4. The topological polar surface area (TPSA) is 82.0 Å². The van der Waals surface area contributed by atoms with Crippen molar-refractivity contribution in [2.45, 2.75) is 26.2 Å². The Morgan fingerprint density at radius 1 is 0.846 bits per heavy atom. The highest BCUT2D eigenvalue weighted by Crippen LogP contribution is 2.44. The predicted molar refractivity (Wildman–Crippen MR) is 161 cm³/mol. The molecule has 0 aliphatic heterocycles. The summed E-state index contributed by atoms with van der Waals surface area (Å²) in [5, 5.41) is 17.9. The summed E-state index contributed by atoms with van der Waals surface area (Å²) in [6.07, 6.45) is 6.69. The maximum Gasteiger partial charge on any atom is 0.300 e. The van der Waals surface area contributed by atoms with Gasteiger partial charge in [-0.2, -0.15) is 0 Å². The van der Waals surface area contributed by atoms with Gasteiger partial charge in [-0.3, -0.25) is 15.1 Å². The summed E-state index contributed by atoms with van der Waals surface area (Å²) < 4.78 is 0. The van der Waals surface area contributed by atoms with Crippen molar-refractivity contribution in [2.24, 2.45) is 5.92 Å². The molecule has 192 valence electrons. The maximum atomic E-state index is 12.1. The van der Waals surface area contributed by atoms with Crippen LogP contribution in [0, 0.1) is 16.0 Å². The Morgan fingerprint density at radius 3 is 2.36 bits per heavy atom. The van der Waals surface area contributed by atoms with Crippen LogP contribution in [-0.2, 0) is 12.8 Å². The van der Waals surface area contributed by atoms with Crippen molar-refractivity contribution >= 4 is 43.7 Å². The zero-order valence-corrected chi connectivity index (χ0v) is 21.8. The fraction of sp³-hybridized carbons (Fsp3) is 0.147. The van der Waals surface area contributed by atoms with Gasteiger partial charge < -0.3 is 5.73 Å². The van der Waals surface area contributed by atoms with Crippen LogP contribution in [0.2, 0.25) is 0 Å². The fourth-order valence-electron chi connectivity index (χ4n) is 5.84. The quantitative estimate of drug-likeness (QED) is 0.109. The molecule has 1 aliphatic carbocycles. The fourth-order valence-corrected chi connectivity index (χ4v) is 5.84. The lowest BCUT2D eigenvalue weighted by molar-refractivity contribution is -0.382. The minimum Gasteiger partial charge on any atom is -0.393 e. The largest absolute Gasteiger partial charge is 0.393 e. The Kier molecular flexibility index (Phi) is 6.41. The van der Waals surface area contributed by atoms with Crippen LogP contribution in [0.5, 0.6) is 0 Å². The van der Waals surface area contributed by atoms with Gasteiger partial charge in [-0.25, -0.2) is 0 Å². The summed E-state index contributed by atoms with van der Waals surface area (Å²) >= 11 is 0. The molecule has 0 radical (unpaired) electrons. The second-order valence-electron chi connectivity index (χ2n) is 10.3. The van der Waals surface area contributed by atoms with Crippen molar-refractivity contribution in [3.63, 3.8) is 0 Å². The normalized spacial score (nSPS) is 14.5. The number of nitrogens with zero attached hydrogens (tertiary/aromatic N) is 2. The van der Waals surface area contributed by atoms with E-state index in [-0.39, 0.29) is 10.6 Å². The average molecular weight is 512 g/mol. The third-order valence-corrected chi connectivity index (χ3v) is 7.79. The number of aryl methyl sites for hydroxylation is 1. The average Bonchev–Trinajstić information content (AvgIpc) is 2.97. The molecule has 5 nitrogen and oxygen atoms in total. The van der Waals surface area contributed by atoms with Gasteiger partial charge in [-0.1, -0.05) is 85.8 Å². The lowest BCUT2D eigenvalue weighted by Gasteiger charge is -2.24. The van der Waals surface area contributed by atoms with Gasteiger partial charge in [0.25, 0.3) is 0 Å². The number of hydrogen-bond donors (Lipinski definition) is 1. The van der Waals surface area contributed by atoms with Crippen LogP contribution in [-0.4, -0.2) is 9.91 Å². The molecule has 5 heteroatoms. The molecule has 39 heavy (non-hydrogen) atoms. The summed E-state index contributed by atoms with van der Waals surface area (Å²) in [6.45, 7) is 2.25. The number of nitrogen functional groups attached to an aromatic ring is 1. The molecule has 7 rings (SSSR count). The van der Waals surface area contributed by atoms with Gasteiger partial charge in [0.1, 0.15) is 5.69 Å². The van der Waals surface area contributed by atoms with E-state index in [2.05, 4.69) is 36.2 Å². The van der Waals surface area contributed by atoms with Gasteiger partial charge >= 0.3 is 5.69 Å². The highest BCUT2D eigenvalue weighted by molar-refractivity contribution is 6.19. The lowest BCUT2D eigenvalue weighted by Crippen LogP contribution is -2.12. The van der Waals surface area contributed by atoms with E-state index in [9.17, 15) is 10.1 Å². The van der Waals surface area contributed by atoms with Crippen LogP contribution in [0.15, 0.2) is 103 Å². The maximum absolute atomic E-state index is 12.1. The number of rotatable bonds is 2. The van der Waals surface area contributed by atoms with E-state index in [0.717, 1.165) is 46.5 Å². The molecule has 6 aromatic rings. The minimum atomic E-state index is -0.323. The van der Waals surface area contributed by atoms with Gasteiger partial charge in [0.05, 0.1) is 10.3 Å². The van der Waals surface area contributed by atoms with Crippen molar-refractivity contribution < 1.29 is 4.92 Å². The van der Waals surface area contributed by atoms with Crippen molar-refractivity contribution in [3.8, 4) is 11.1 Å². The lowest BCUT2D eigenvalue weighted by atomic mass is 9.81. The minimum absolute atomic E-state index is 0.0253. The molecule has 1 aliphatic rings. The van der Waals surface area contributed by atoms with Gasteiger partial charge in [-0.05, 0) is 81.1 Å². The van der Waals surface area contributed by atoms with Gasteiger partial charge in [0, 0.05) is 17.8 Å². The number of benzene rings is 5. The second-order valence-corrected chi connectivity index (χ2v) is 10.3. The zero-order valence-electron chi connectivity index (χ0n) is 21.8. The Morgan fingerprint density at radius 2 is 1.59 bits per heavy atom. The first-order valence-corrected chi connectivity index (χ1v) is 13.3. The van der Waals surface area contributed by atoms with Crippen LogP contribution >= 0.6 is 0 Å². The molecular formula is C34H29N3O2. The monoisotopic (exact) mass is 511 g/mol. The Bertz CT molecular complexity index is 1780. The number of aromatic nitrogens is 1. The molecule has 0 amide bonds. The number of pyridine rings is 1. The molecule has 0 saturated carbocycles. The molecule has 0 spiro atoms. The molecule has 5 aromatic carbocycles. The highest BCUT2D eigenvalue weighted by Gasteiger charge is 2.26. The number of anilines is 1. The molecule has 0 saturated heterocycles. The standard InChI is InChI=1S/C25H22N2O2.C9H7N/c1-15-7-10-19-18(13-15)9-12-21-20-11-8-17(16-5-3-2-4-6-16)14-22(20)25(27(28)29)24(26)23(19)21;1-2-4-9-7-10-6-5-8(9)3-1/h2-6,8-9,11-12,14-15H,7,10,13,26H2,1H3;1-7H. The van der Waals surface area contributed by atoms with Crippen molar-refractivity contribution in [3.05, 3.63) is 125 Å². The first-order valence-electron chi connectivity index (χ1n) is 13.3. The Labute approximate surface area is 227 Å². The molecular weight excluding hydrogens is 482 g/mol. The highest BCUT2D eigenvalue weighted by atomic mass is 16.6. The van der Waals surface area contributed by atoms with E-state index in [1.165, 1.54) is 21.9 Å². The first-order chi connectivity index (χ1) is 19.0. The summed E-state index contributed by atoms with van der Waals surface area (Å²) in [4.78, 5) is 15.8. The second kappa shape index (κ2) is 10.2. The van der Waals surface area contributed by atoms with E-state index in [4.69, 9.17) is 5.73 Å². The predicted octanol–water partition coefficient (Wildman–Crippen LogP) is 8.51. The van der Waals surface area contributed by atoms with E-state index >= 15 is 0 Å². The van der Waals surface area contributed by atoms with E-state index in [1.54, 1.807) is 0 Å². The number of nitrogens with two attached hydrogens (primary N) is 1. The summed E-state index contributed by atoms with van der Waals surface area (Å²) in [5.74, 6) is 0.630. The third kappa shape index (κ3) is 4.57. The van der Waals surface area contributed by atoms with E-state index in [1.807, 2.05) is 79.1 Å². The Balaban J connectivity index is 0.000000231. The summed E-state index contributed by atoms with van der Waals surface area (Å²) in [7, 11) is 0. The van der Waals surface area contributed by atoms with Crippen LogP contribution in [0.3, 0.4) is 0 Å². The SMILES string of the molecule is CC1CCc2c(ccc3c2c(N)c([N+](=O)[O-])c2cc(-c4ccccc4)ccc23)C1.c1ccc2cnccc2c1. The van der Waals surface area contributed by atoms with Crippen LogP contribution in [0.25, 0.3) is 43.4 Å². The molecule has 2 N–H and O–H groups in total. The van der Waals surface area contributed by atoms with E-state index < -0.39 is 0 Å². The van der Waals surface area contributed by atoms with Crippen LogP contribution < -0.4 is 5.73 Å². The molecule has 0 bridgehead atoms. The number of nitro groups is 1. The molecule has 1 unspecified atom stereocenters. The summed E-state index contributed by atoms with van der Waals surface area (Å²) in [5.41, 5.74) is 11.3. The van der Waals surface area contributed by atoms with Crippen molar-refractivity contribution in [1.82, 2.24) is 4.98 Å². The van der Waals surface area contributed by atoms with Crippen LogP contribution in [0.1, 0.15) is 24.5 Å².